The first-order chi connectivity index (χ1) is 9.67. The second kappa shape index (κ2) is 6.42. The van der Waals surface area contributed by atoms with Crippen LogP contribution in [0.1, 0.15) is 23.7 Å². The summed E-state index contributed by atoms with van der Waals surface area (Å²) in [4.78, 5) is 22.8. The zero-order chi connectivity index (χ0) is 16.2. The van der Waals surface area contributed by atoms with E-state index in [0.717, 1.165) is 6.07 Å². The number of benzene rings is 1. The molecule has 0 aliphatic rings. The Morgan fingerprint density at radius 1 is 1.43 bits per heavy atom. The fourth-order valence-corrected chi connectivity index (χ4v) is 1.85. The summed E-state index contributed by atoms with van der Waals surface area (Å²) in [6.45, 7) is -0.0274. The molecule has 0 atom stereocenters. The molecule has 0 spiro atoms. The first kappa shape index (κ1) is 16.7. The molecule has 9 heteroatoms. The molecule has 2 N–H and O–H groups in total. The van der Waals surface area contributed by atoms with E-state index in [1.807, 2.05) is 0 Å². The Hall–Kier alpha value is -2.32. The second-order valence-corrected chi connectivity index (χ2v) is 4.34. The molecule has 1 aromatic carbocycles. The summed E-state index contributed by atoms with van der Waals surface area (Å²) in [5.74, 6) is -1.06. The van der Waals surface area contributed by atoms with Gasteiger partial charge in [0.2, 0.25) is 0 Å². The van der Waals surface area contributed by atoms with Gasteiger partial charge in [0.15, 0.2) is 0 Å². The normalized spacial score (nSPS) is 11.2. The molecular formula is C12H14F3N3O3. The lowest BCUT2D eigenvalue weighted by Gasteiger charge is -2.23. The maximum absolute atomic E-state index is 12.5. The largest absolute Gasteiger partial charge is 0.406 e. The number of hydrogen-bond acceptors (Lipinski definition) is 4. The number of nitro groups is 1. The Balaban J connectivity index is 3.21. The van der Waals surface area contributed by atoms with Crippen LogP contribution in [0.15, 0.2) is 18.2 Å². The van der Waals surface area contributed by atoms with Gasteiger partial charge in [0.05, 0.1) is 4.92 Å². The highest BCUT2D eigenvalue weighted by atomic mass is 19.4. The van der Waals surface area contributed by atoms with Crippen molar-refractivity contribution in [3.63, 3.8) is 0 Å². The third kappa shape index (κ3) is 4.33. The average molecular weight is 305 g/mol. The van der Waals surface area contributed by atoms with Gasteiger partial charge in [-0.1, -0.05) is 13.0 Å². The molecule has 0 fully saturated rings. The van der Waals surface area contributed by atoms with Crippen LogP contribution >= 0.6 is 0 Å². The average Bonchev–Trinajstić information content (AvgIpc) is 2.35. The molecule has 6 nitrogen and oxygen atoms in total. The van der Waals surface area contributed by atoms with Crippen LogP contribution in [0.4, 0.5) is 24.5 Å². The number of nitrogens with two attached hydrogens (primary N) is 1. The number of nitro benzene ring substituents is 1. The van der Waals surface area contributed by atoms with Crippen molar-refractivity contribution in [2.24, 2.45) is 0 Å². The summed E-state index contributed by atoms with van der Waals surface area (Å²) < 4.78 is 37.5. The minimum Gasteiger partial charge on any atom is -0.393 e. The summed E-state index contributed by atoms with van der Waals surface area (Å²) in [7, 11) is 0. The molecule has 1 amide bonds. The summed E-state index contributed by atoms with van der Waals surface area (Å²) in [5.41, 5.74) is 4.04. The lowest BCUT2D eigenvalue weighted by molar-refractivity contribution is -0.384. The van der Waals surface area contributed by atoms with Crippen LogP contribution in [0.5, 0.6) is 0 Å². The molecule has 0 unspecified atom stereocenters. The van der Waals surface area contributed by atoms with Crippen LogP contribution in [-0.4, -0.2) is 35.0 Å². The van der Waals surface area contributed by atoms with Crippen LogP contribution < -0.4 is 5.73 Å². The van der Waals surface area contributed by atoms with Crippen LogP contribution in [0, 0.1) is 10.1 Å². The Kier molecular flexibility index (Phi) is 5.12. The zero-order valence-corrected chi connectivity index (χ0v) is 11.2. The number of hydrogen-bond donors (Lipinski definition) is 1. The van der Waals surface area contributed by atoms with E-state index >= 15 is 0 Å². The minimum atomic E-state index is -4.58. The summed E-state index contributed by atoms with van der Waals surface area (Å²) in [5, 5.41) is 10.9. The van der Waals surface area contributed by atoms with Crippen molar-refractivity contribution in [3.05, 3.63) is 33.9 Å². The number of alkyl halides is 3. The molecule has 0 bridgehead atoms. The highest BCUT2D eigenvalue weighted by Crippen LogP contribution is 2.28. The number of carbonyl (C=O) groups is 1. The van der Waals surface area contributed by atoms with Gasteiger partial charge in [-0.05, 0) is 18.6 Å². The van der Waals surface area contributed by atoms with E-state index in [4.69, 9.17) is 5.73 Å². The smallest absolute Gasteiger partial charge is 0.393 e. The van der Waals surface area contributed by atoms with Crippen molar-refractivity contribution in [1.82, 2.24) is 4.90 Å². The van der Waals surface area contributed by atoms with Crippen molar-refractivity contribution in [1.29, 1.82) is 0 Å². The van der Waals surface area contributed by atoms with E-state index in [1.165, 1.54) is 12.1 Å². The maximum Gasteiger partial charge on any atom is 0.406 e. The first-order valence-corrected chi connectivity index (χ1v) is 6.06. The van der Waals surface area contributed by atoms with Crippen molar-refractivity contribution in [2.75, 3.05) is 18.8 Å². The molecule has 0 radical (unpaired) electrons. The molecule has 0 aliphatic heterocycles. The number of amides is 1. The highest BCUT2D eigenvalue weighted by Gasteiger charge is 2.35. The minimum absolute atomic E-state index is 0.162. The molecule has 0 saturated carbocycles. The van der Waals surface area contributed by atoms with E-state index in [2.05, 4.69) is 0 Å². The van der Waals surface area contributed by atoms with Gasteiger partial charge in [0, 0.05) is 6.54 Å². The van der Waals surface area contributed by atoms with Gasteiger partial charge in [-0.25, -0.2) is 0 Å². The molecule has 0 heterocycles. The van der Waals surface area contributed by atoms with Gasteiger partial charge in [0.1, 0.15) is 17.8 Å². The molecule has 0 aromatic heterocycles. The Bertz CT molecular complexity index is 546. The molecule has 1 rings (SSSR count). The second-order valence-electron chi connectivity index (χ2n) is 4.34. The third-order valence-corrected chi connectivity index (χ3v) is 2.63. The Labute approximate surface area is 118 Å². The number of rotatable bonds is 5. The number of anilines is 1. The number of para-hydroxylation sites is 1. The number of nitrogen functional groups attached to an aromatic ring is 1. The van der Waals surface area contributed by atoms with Gasteiger partial charge in [-0.15, -0.1) is 0 Å². The van der Waals surface area contributed by atoms with Gasteiger partial charge in [0.25, 0.3) is 5.91 Å². The monoisotopic (exact) mass is 305 g/mol. The van der Waals surface area contributed by atoms with Crippen molar-refractivity contribution in [3.8, 4) is 0 Å². The van der Waals surface area contributed by atoms with Crippen LogP contribution in [0.2, 0.25) is 0 Å². The third-order valence-electron chi connectivity index (χ3n) is 2.63. The number of nitrogens with zero attached hydrogens (tertiary/aromatic N) is 2. The topological polar surface area (TPSA) is 89.5 Å². The molecule has 0 saturated heterocycles. The summed E-state index contributed by atoms with van der Waals surface area (Å²) in [6, 6.07) is 3.59. The number of carbonyl (C=O) groups excluding carboxylic acids is 1. The van der Waals surface area contributed by atoms with Crippen molar-refractivity contribution >= 4 is 17.3 Å². The fraction of sp³-hybridized carbons (Fsp3) is 0.417. The van der Waals surface area contributed by atoms with Gasteiger partial charge in [-0.2, -0.15) is 13.2 Å². The van der Waals surface area contributed by atoms with E-state index in [0.29, 0.717) is 4.90 Å². The van der Waals surface area contributed by atoms with Crippen molar-refractivity contribution in [2.45, 2.75) is 19.5 Å². The summed E-state index contributed by atoms with van der Waals surface area (Å²) in [6.07, 6.45) is -4.29. The fourth-order valence-electron chi connectivity index (χ4n) is 1.85. The molecule has 1 aromatic rings. The molecule has 116 valence electrons. The maximum atomic E-state index is 12.5. The Morgan fingerprint density at radius 2 is 2.05 bits per heavy atom. The standard InChI is InChI=1S/C12H14F3N3O3/c1-2-6-17(7-12(13,14)15)11(19)8-4-3-5-9(16)10(8)18(20)21/h3-5H,2,6-7,16H2,1H3. The predicted octanol–water partition coefficient (Wildman–Crippen LogP) is 2.59. The Morgan fingerprint density at radius 3 is 2.52 bits per heavy atom. The van der Waals surface area contributed by atoms with E-state index in [-0.39, 0.29) is 18.7 Å². The predicted molar refractivity (Wildman–Crippen MR) is 69.8 cm³/mol. The van der Waals surface area contributed by atoms with Gasteiger partial charge in [-0.3, -0.25) is 14.9 Å². The lowest BCUT2D eigenvalue weighted by Crippen LogP contribution is -2.39. The van der Waals surface area contributed by atoms with Gasteiger partial charge >= 0.3 is 11.9 Å². The van der Waals surface area contributed by atoms with E-state index in [9.17, 15) is 28.1 Å². The van der Waals surface area contributed by atoms with Crippen LogP contribution in [0.3, 0.4) is 0 Å². The van der Waals surface area contributed by atoms with Crippen molar-refractivity contribution < 1.29 is 22.9 Å². The van der Waals surface area contributed by atoms with E-state index < -0.39 is 34.8 Å². The highest BCUT2D eigenvalue weighted by molar-refractivity contribution is 6.00. The first-order valence-electron chi connectivity index (χ1n) is 6.06. The quantitative estimate of drug-likeness (QED) is 0.514. The zero-order valence-electron chi connectivity index (χ0n) is 11.2. The van der Waals surface area contributed by atoms with Crippen LogP contribution in [-0.2, 0) is 0 Å². The SMILES string of the molecule is CCCN(CC(F)(F)F)C(=O)c1cccc(N)c1[N+](=O)[O-]. The van der Waals surface area contributed by atoms with E-state index in [1.54, 1.807) is 6.92 Å². The molecule has 0 aliphatic carbocycles. The van der Waals surface area contributed by atoms with Gasteiger partial charge < -0.3 is 10.6 Å². The number of halogens is 3. The molecular weight excluding hydrogens is 291 g/mol. The summed E-state index contributed by atoms with van der Waals surface area (Å²) >= 11 is 0. The molecule has 21 heavy (non-hydrogen) atoms. The lowest BCUT2D eigenvalue weighted by atomic mass is 10.1. The van der Waals surface area contributed by atoms with Crippen LogP contribution in [0.25, 0.3) is 0 Å².